The number of pyridine rings is 1. The van der Waals surface area contributed by atoms with Crippen molar-refractivity contribution in [1.82, 2.24) is 10.3 Å². The molecule has 0 bridgehead atoms. The molecule has 0 unspecified atom stereocenters. The summed E-state index contributed by atoms with van der Waals surface area (Å²) in [4.78, 5) is 37.4. The third kappa shape index (κ3) is 3.26. The minimum absolute atomic E-state index is 0.142. The van der Waals surface area contributed by atoms with E-state index in [0.717, 1.165) is 30.5 Å². The number of hydrogen-bond donors (Lipinski definition) is 2. The third-order valence-electron chi connectivity index (χ3n) is 3.40. The van der Waals surface area contributed by atoms with Crippen LogP contribution in [0.4, 0.5) is 0 Å². The van der Waals surface area contributed by atoms with Crippen LogP contribution in [0.2, 0.25) is 0 Å². The molecule has 0 aliphatic heterocycles. The monoisotopic (exact) mass is 278 g/mol. The first-order valence-corrected chi connectivity index (χ1v) is 6.72. The Labute approximate surface area is 116 Å². The number of aromatic nitrogens is 1. The van der Waals surface area contributed by atoms with Gasteiger partial charge in [-0.2, -0.15) is 0 Å². The first-order chi connectivity index (χ1) is 9.61. The summed E-state index contributed by atoms with van der Waals surface area (Å²) in [5, 5.41) is 2.64. The lowest BCUT2D eigenvalue weighted by molar-refractivity contribution is -0.140. The zero-order valence-corrected chi connectivity index (χ0v) is 11.5. The Morgan fingerprint density at radius 2 is 2.20 bits per heavy atom. The van der Waals surface area contributed by atoms with Gasteiger partial charge < -0.3 is 15.0 Å². The molecule has 0 aromatic carbocycles. The van der Waals surface area contributed by atoms with Crippen molar-refractivity contribution in [2.75, 3.05) is 13.7 Å². The van der Waals surface area contributed by atoms with Crippen LogP contribution >= 0.6 is 0 Å². The van der Waals surface area contributed by atoms with Crippen LogP contribution in [-0.4, -0.2) is 30.5 Å². The summed E-state index contributed by atoms with van der Waals surface area (Å²) in [5.74, 6) is -0.708. The number of hydrogen-bond acceptors (Lipinski definition) is 4. The Kier molecular flexibility index (Phi) is 4.55. The minimum atomic E-state index is -0.397. The van der Waals surface area contributed by atoms with Gasteiger partial charge in [-0.3, -0.25) is 14.4 Å². The molecule has 1 aliphatic carbocycles. The number of aromatic amines is 1. The van der Waals surface area contributed by atoms with Crippen LogP contribution in [0.3, 0.4) is 0 Å². The summed E-state index contributed by atoms with van der Waals surface area (Å²) in [6, 6.07) is 1.68. The molecule has 20 heavy (non-hydrogen) atoms. The summed E-state index contributed by atoms with van der Waals surface area (Å²) in [6.45, 7) is 0.338. The van der Waals surface area contributed by atoms with E-state index in [4.69, 9.17) is 0 Å². The number of nitrogens with one attached hydrogen (secondary N) is 2. The van der Waals surface area contributed by atoms with E-state index in [1.165, 1.54) is 7.11 Å². The molecule has 2 rings (SSSR count). The Morgan fingerprint density at radius 3 is 2.95 bits per heavy atom. The summed E-state index contributed by atoms with van der Waals surface area (Å²) in [6.07, 6.45) is 3.51. The fourth-order valence-corrected chi connectivity index (χ4v) is 2.31. The maximum Gasteiger partial charge on any atom is 0.305 e. The lowest BCUT2D eigenvalue weighted by atomic mass is 10.1. The van der Waals surface area contributed by atoms with Crippen molar-refractivity contribution in [2.24, 2.45) is 0 Å². The van der Waals surface area contributed by atoms with Gasteiger partial charge in [0.1, 0.15) is 5.56 Å². The first-order valence-electron chi connectivity index (χ1n) is 6.72. The van der Waals surface area contributed by atoms with Crippen molar-refractivity contribution >= 4 is 11.9 Å². The number of fused-ring (bicyclic) bond motifs is 1. The summed E-state index contributed by atoms with van der Waals surface area (Å²) < 4.78 is 4.50. The summed E-state index contributed by atoms with van der Waals surface area (Å²) >= 11 is 0. The second kappa shape index (κ2) is 6.36. The highest BCUT2D eigenvalue weighted by Crippen LogP contribution is 2.18. The van der Waals surface area contributed by atoms with E-state index in [9.17, 15) is 14.4 Å². The maximum atomic E-state index is 11.9. The second-order valence-electron chi connectivity index (χ2n) is 4.81. The molecule has 0 saturated heterocycles. The van der Waals surface area contributed by atoms with Gasteiger partial charge in [0.05, 0.1) is 7.11 Å². The van der Waals surface area contributed by atoms with Crippen molar-refractivity contribution < 1.29 is 14.3 Å². The topological polar surface area (TPSA) is 88.3 Å². The van der Waals surface area contributed by atoms with E-state index in [1.54, 1.807) is 6.07 Å². The Bertz CT molecular complexity index is 577. The number of carbonyl (C=O) groups excluding carboxylic acids is 2. The standard InChI is InChI=1S/C14H18N2O4/c1-20-12(17)6-3-7-15-13(18)10-8-9-4-2-5-11(9)16-14(10)19/h8H,2-7H2,1H3,(H,15,18)(H,16,19). The molecule has 0 spiro atoms. The fourth-order valence-electron chi connectivity index (χ4n) is 2.31. The van der Waals surface area contributed by atoms with Gasteiger partial charge in [-0.1, -0.05) is 0 Å². The third-order valence-corrected chi connectivity index (χ3v) is 3.40. The lowest BCUT2D eigenvalue weighted by Crippen LogP contribution is -2.31. The molecule has 6 heteroatoms. The second-order valence-corrected chi connectivity index (χ2v) is 4.81. The van der Waals surface area contributed by atoms with Crippen LogP contribution in [0.25, 0.3) is 0 Å². The van der Waals surface area contributed by atoms with Crippen LogP contribution < -0.4 is 10.9 Å². The molecule has 0 saturated carbocycles. The van der Waals surface area contributed by atoms with Crippen molar-refractivity contribution in [2.45, 2.75) is 32.1 Å². The van der Waals surface area contributed by atoms with Gasteiger partial charge in [0.15, 0.2) is 0 Å². The van der Waals surface area contributed by atoms with Gasteiger partial charge in [0.25, 0.3) is 11.5 Å². The summed E-state index contributed by atoms with van der Waals surface area (Å²) in [7, 11) is 1.32. The van der Waals surface area contributed by atoms with E-state index < -0.39 is 5.91 Å². The molecule has 0 atom stereocenters. The smallest absolute Gasteiger partial charge is 0.305 e. The number of carbonyl (C=O) groups is 2. The zero-order chi connectivity index (χ0) is 14.5. The van der Waals surface area contributed by atoms with Crippen LogP contribution in [0.15, 0.2) is 10.9 Å². The summed E-state index contributed by atoms with van der Waals surface area (Å²) in [5.41, 5.74) is 1.78. The molecule has 0 fully saturated rings. The molecule has 2 N–H and O–H groups in total. The van der Waals surface area contributed by atoms with Crippen molar-refractivity contribution in [3.05, 3.63) is 33.2 Å². The van der Waals surface area contributed by atoms with E-state index >= 15 is 0 Å². The van der Waals surface area contributed by atoms with Gasteiger partial charge in [0.2, 0.25) is 0 Å². The van der Waals surface area contributed by atoms with Gasteiger partial charge in [-0.15, -0.1) is 0 Å². The average Bonchev–Trinajstić information content (AvgIpc) is 2.89. The highest BCUT2D eigenvalue weighted by atomic mass is 16.5. The van der Waals surface area contributed by atoms with Gasteiger partial charge in [-0.25, -0.2) is 0 Å². The van der Waals surface area contributed by atoms with Gasteiger partial charge >= 0.3 is 5.97 Å². The minimum Gasteiger partial charge on any atom is -0.469 e. The molecule has 1 amide bonds. The SMILES string of the molecule is COC(=O)CCCNC(=O)c1cc2c([nH]c1=O)CCC2. The molecule has 6 nitrogen and oxygen atoms in total. The van der Waals surface area contributed by atoms with E-state index in [-0.39, 0.29) is 23.5 Å². The average molecular weight is 278 g/mol. The number of rotatable bonds is 5. The van der Waals surface area contributed by atoms with E-state index in [0.29, 0.717) is 13.0 Å². The van der Waals surface area contributed by atoms with Crippen molar-refractivity contribution in [3.8, 4) is 0 Å². The number of esters is 1. The molecular formula is C14H18N2O4. The molecule has 1 heterocycles. The highest BCUT2D eigenvalue weighted by Gasteiger charge is 2.17. The molecule has 108 valence electrons. The van der Waals surface area contributed by atoms with Crippen LogP contribution in [0.5, 0.6) is 0 Å². The van der Waals surface area contributed by atoms with Crippen LogP contribution in [-0.2, 0) is 22.4 Å². The number of aryl methyl sites for hydroxylation is 2. The van der Waals surface area contributed by atoms with Crippen molar-refractivity contribution in [3.63, 3.8) is 0 Å². The molecule has 1 aromatic heterocycles. The Hall–Kier alpha value is -2.11. The predicted octanol–water partition coefficient (Wildman–Crippen LogP) is 0.547. The van der Waals surface area contributed by atoms with Crippen LogP contribution in [0.1, 0.15) is 40.9 Å². The molecular weight excluding hydrogens is 260 g/mol. The Morgan fingerprint density at radius 1 is 1.40 bits per heavy atom. The lowest BCUT2D eigenvalue weighted by Gasteiger charge is -2.06. The van der Waals surface area contributed by atoms with Gasteiger partial charge in [-0.05, 0) is 37.3 Å². The van der Waals surface area contributed by atoms with Gasteiger partial charge in [0, 0.05) is 18.7 Å². The quantitative estimate of drug-likeness (QED) is 0.608. The molecule has 0 radical (unpaired) electrons. The first kappa shape index (κ1) is 14.3. The molecule has 1 aliphatic rings. The Balaban J connectivity index is 1.93. The predicted molar refractivity (Wildman–Crippen MR) is 72.7 cm³/mol. The maximum absolute atomic E-state index is 11.9. The van der Waals surface area contributed by atoms with Crippen LogP contribution in [0, 0.1) is 0 Å². The number of amides is 1. The van der Waals surface area contributed by atoms with E-state index in [1.807, 2.05) is 0 Å². The number of methoxy groups -OCH3 is 1. The zero-order valence-electron chi connectivity index (χ0n) is 11.5. The van der Waals surface area contributed by atoms with E-state index in [2.05, 4.69) is 15.0 Å². The molecule has 1 aromatic rings. The van der Waals surface area contributed by atoms with Crippen molar-refractivity contribution in [1.29, 1.82) is 0 Å². The largest absolute Gasteiger partial charge is 0.469 e. The highest BCUT2D eigenvalue weighted by molar-refractivity contribution is 5.94. The normalized spacial score (nSPS) is 12.8. The number of H-pyrrole nitrogens is 1. The number of ether oxygens (including phenoxy) is 1. The fraction of sp³-hybridized carbons (Fsp3) is 0.500.